The molecule has 67 heavy (non-hydrogen) atoms. The fourth-order valence-corrected chi connectivity index (χ4v) is 8.81. The van der Waals surface area contributed by atoms with Gasteiger partial charge in [0.25, 0.3) is 31.6 Å². The average molecular weight is 1030 g/mol. The first kappa shape index (κ1) is 52.4. The molecule has 0 saturated heterocycles. The number of alkyl halides is 16. The Kier molecular flexibility index (Phi) is 13.0. The van der Waals surface area contributed by atoms with Gasteiger partial charge in [0.15, 0.2) is 0 Å². The lowest BCUT2D eigenvalue weighted by molar-refractivity contribution is -0.386. The zero-order chi connectivity index (χ0) is 51.2. The summed E-state index contributed by atoms with van der Waals surface area (Å²) in [5.74, 6) is -40.5. The maximum atomic E-state index is 14.4. The summed E-state index contributed by atoms with van der Waals surface area (Å²) in [5, 5.41) is 25.0. The molecule has 0 unspecified atom stereocenters. The summed E-state index contributed by atoms with van der Waals surface area (Å²) in [5.41, 5.74) is -7.54. The molecule has 368 valence electrons. The number of rotatable bonds is 17. The Hall–Kier alpha value is -5.56. The second kappa shape index (κ2) is 16.6. The van der Waals surface area contributed by atoms with Crippen molar-refractivity contribution in [3.63, 3.8) is 0 Å². The number of benzene rings is 3. The van der Waals surface area contributed by atoms with Crippen molar-refractivity contribution in [1.82, 2.24) is 0 Å². The SMILES string of the molecule is CN1/C(=C/C=C2c3cc(S(=O)(=O)OCC(F)(F)C(F)(F)C(F)(F)C(F)F)cc([N+](=O)[O-])c3-c3c2cc(S(=O)(=O)OCC(F)(F)C(F)(F)C(F)(F)C(F)F)cc3[N+](=O)[O-])C(C)(C)c2ccccc21. The number of allylic oxidation sites excluding steroid dienone is 3. The van der Waals surface area contributed by atoms with Gasteiger partial charge in [-0.15, -0.1) is 0 Å². The molecule has 0 spiro atoms. The maximum absolute atomic E-state index is 14.4. The lowest BCUT2D eigenvalue weighted by atomic mass is 9.83. The van der Waals surface area contributed by atoms with Crippen LogP contribution >= 0.6 is 0 Å². The van der Waals surface area contributed by atoms with Gasteiger partial charge in [-0.05, 0) is 46.5 Å². The van der Waals surface area contributed by atoms with Gasteiger partial charge in [0.1, 0.15) is 23.0 Å². The molecule has 1 heterocycles. The van der Waals surface area contributed by atoms with Gasteiger partial charge in [0.2, 0.25) is 0 Å². The van der Waals surface area contributed by atoms with Crippen LogP contribution < -0.4 is 4.90 Å². The molecule has 3 aromatic carbocycles. The van der Waals surface area contributed by atoms with Gasteiger partial charge in [0.05, 0.1) is 21.0 Å². The van der Waals surface area contributed by atoms with Gasteiger partial charge in [-0.25, -0.2) is 17.6 Å². The van der Waals surface area contributed by atoms with Crippen molar-refractivity contribution < 1.29 is 105 Å². The van der Waals surface area contributed by atoms with Gasteiger partial charge >= 0.3 is 48.4 Å². The predicted molar refractivity (Wildman–Crippen MR) is 196 cm³/mol. The fourth-order valence-electron chi connectivity index (χ4n) is 6.90. The number of anilines is 1. The minimum Gasteiger partial charge on any atom is -0.347 e. The zero-order valence-electron chi connectivity index (χ0n) is 33.1. The van der Waals surface area contributed by atoms with Crippen LogP contribution in [0.4, 0.5) is 87.3 Å². The molecule has 31 heteroatoms. The molecule has 3 aromatic rings. The monoisotopic (exact) mass is 1030 g/mol. The lowest BCUT2D eigenvalue weighted by Gasteiger charge is -2.31. The first-order chi connectivity index (χ1) is 30.2. The molecule has 0 radical (unpaired) electrons. The van der Waals surface area contributed by atoms with E-state index in [1.54, 1.807) is 38.1 Å². The molecule has 0 aromatic heterocycles. The van der Waals surface area contributed by atoms with Gasteiger partial charge < -0.3 is 4.90 Å². The minimum absolute atomic E-state index is 0.108. The maximum Gasteiger partial charge on any atom is 0.380 e. The standard InChI is InChI=1S/C36H25F16N3O10S2/c1-30(2)21-6-4-5-7-22(21)53(3)25(30)9-8-18-19-10-16(66(60,61)64-14-31(41,42)35(49,50)33(45,46)28(37)38)12-23(54(56)57)26(19)27-20(18)11-17(13-24(27)55(58)59)67(62,63)65-15-32(43,44)36(51,52)34(47,48)29(39)40/h4-13,28-29H,14-15H2,1-3H3/b25-9+. The van der Waals surface area contributed by atoms with Crippen LogP contribution in [0.1, 0.15) is 30.5 Å². The van der Waals surface area contributed by atoms with E-state index in [0.29, 0.717) is 11.3 Å². The van der Waals surface area contributed by atoms with E-state index in [2.05, 4.69) is 8.37 Å². The lowest BCUT2D eigenvalue weighted by Crippen LogP contribution is -2.59. The molecule has 13 nitrogen and oxygen atoms in total. The molecule has 0 atom stereocenters. The minimum atomic E-state index is -7.02. The highest BCUT2D eigenvalue weighted by molar-refractivity contribution is 7.87. The van der Waals surface area contributed by atoms with Crippen LogP contribution in [-0.4, -0.2) is 95.3 Å². The van der Waals surface area contributed by atoms with Crippen LogP contribution in [0.5, 0.6) is 0 Å². The van der Waals surface area contributed by atoms with E-state index in [1.807, 2.05) is 0 Å². The largest absolute Gasteiger partial charge is 0.380 e. The molecule has 0 N–H and O–H groups in total. The van der Waals surface area contributed by atoms with Gasteiger partial charge in [-0.3, -0.25) is 28.6 Å². The summed E-state index contributed by atoms with van der Waals surface area (Å²) in [7, 11) is -10.9. The summed E-state index contributed by atoms with van der Waals surface area (Å²) < 4.78 is 279. The molecule has 2 aliphatic rings. The Morgan fingerprint density at radius 2 is 1.03 bits per heavy atom. The van der Waals surface area contributed by atoms with Crippen molar-refractivity contribution in [1.29, 1.82) is 0 Å². The topological polar surface area (TPSA) is 176 Å². The van der Waals surface area contributed by atoms with Crippen LogP contribution in [-0.2, 0) is 34.0 Å². The summed E-state index contributed by atoms with van der Waals surface area (Å²) >= 11 is 0. The van der Waals surface area contributed by atoms with E-state index in [0.717, 1.165) is 12.2 Å². The number of nitrogens with zero attached hydrogens (tertiary/aromatic N) is 3. The third-order valence-corrected chi connectivity index (χ3v) is 12.9. The van der Waals surface area contributed by atoms with Crippen molar-refractivity contribution in [2.45, 2.75) is 77.4 Å². The van der Waals surface area contributed by atoms with Crippen LogP contribution in [0.25, 0.3) is 16.7 Å². The second-order valence-electron chi connectivity index (χ2n) is 14.9. The average Bonchev–Trinajstić information content (AvgIpc) is 3.63. The van der Waals surface area contributed by atoms with Crippen molar-refractivity contribution in [2.24, 2.45) is 0 Å². The number of halogens is 16. The first-order valence-electron chi connectivity index (χ1n) is 17.8. The number of hydrogen-bond donors (Lipinski definition) is 0. The van der Waals surface area contributed by atoms with E-state index >= 15 is 0 Å². The molecule has 0 amide bonds. The molecular formula is C36H25F16N3O10S2. The normalized spacial score (nSPS) is 16.5. The third kappa shape index (κ3) is 8.43. The number of para-hydroxylation sites is 1. The summed E-state index contributed by atoms with van der Waals surface area (Å²) in [6.45, 7) is -3.40. The summed E-state index contributed by atoms with van der Waals surface area (Å²) in [6.07, 6.45) is -8.87. The molecule has 1 aliphatic heterocycles. The van der Waals surface area contributed by atoms with E-state index in [-0.39, 0.29) is 30.0 Å². The Bertz CT molecular complexity index is 2690. The number of hydrogen-bond acceptors (Lipinski definition) is 11. The third-order valence-electron chi connectivity index (χ3n) is 10.4. The van der Waals surface area contributed by atoms with Crippen molar-refractivity contribution in [2.75, 3.05) is 25.2 Å². The molecule has 5 rings (SSSR count). The molecule has 1 aliphatic carbocycles. The second-order valence-corrected chi connectivity index (χ2v) is 18.1. The number of nitro groups is 2. The quantitative estimate of drug-likeness (QED) is 0.0426. The highest BCUT2D eigenvalue weighted by atomic mass is 32.2. The van der Waals surface area contributed by atoms with E-state index in [9.17, 15) is 107 Å². The highest BCUT2D eigenvalue weighted by Gasteiger charge is 2.76. The Morgan fingerprint density at radius 1 is 0.657 bits per heavy atom. The highest BCUT2D eigenvalue weighted by Crippen LogP contribution is 2.56. The van der Waals surface area contributed by atoms with Crippen molar-refractivity contribution >= 4 is 42.9 Å². The summed E-state index contributed by atoms with van der Waals surface area (Å²) in [6, 6.07) is 6.71. The van der Waals surface area contributed by atoms with Crippen LogP contribution in [0.3, 0.4) is 0 Å². The first-order valence-corrected chi connectivity index (χ1v) is 20.6. The zero-order valence-corrected chi connectivity index (χ0v) is 34.8. The van der Waals surface area contributed by atoms with Gasteiger partial charge in [-0.2, -0.15) is 69.5 Å². The Balaban J connectivity index is 1.76. The molecule has 0 fully saturated rings. The van der Waals surface area contributed by atoms with Crippen LogP contribution in [0, 0.1) is 20.2 Å². The smallest absolute Gasteiger partial charge is 0.347 e. The van der Waals surface area contributed by atoms with Crippen molar-refractivity contribution in [3.8, 4) is 11.1 Å². The van der Waals surface area contributed by atoms with E-state index < -0.39 is 146 Å². The number of likely N-dealkylation sites (N-methyl/N-ethyl adjacent to an activating group) is 1. The summed E-state index contributed by atoms with van der Waals surface area (Å²) in [4.78, 5) is 20.1. The van der Waals surface area contributed by atoms with Gasteiger partial charge in [0, 0.05) is 36.0 Å². The van der Waals surface area contributed by atoms with E-state index in [1.165, 1.54) is 11.9 Å². The van der Waals surface area contributed by atoms with Crippen LogP contribution in [0.15, 0.2) is 76.2 Å². The van der Waals surface area contributed by atoms with Crippen molar-refractivity contribution in [3.05, 3.63) is 103 Å². The number of nitro benzene ring substituents is 2. The van der Waals surface area contributed by atoms with Gasteiger partial charge in [-0.1, -0.05) is 38.1 Å². The van der Waals surface area contributed by atoms with Crippen LogP contribution in [0.2, 0.25) is 0 Å². The molecule has 0 saturated carbocycles. The predicted octanol–water partition coefficient (Wildman–Crippen LogP) is 9.98. The fraction of sp³-hybridized carbons (Fsp3) is 0.389. The van der Waals surface area contributed by atoms with E-state index in [4.69, 9.17) is 0 Å². The molecule has 0 bridgehead atoms. The molecular weight excluding hydrogens is 1000 g/mol. The Labute approximate surface area is 364 Å². The Morgan fingerprint density at radius 3 is 1.37 bits per heavy atom. The number of fused-ring (bicyclic) bond motifs is 4.